The fourth-order valence-electron chi connectivity index (χ4n) is 3.53. The van der Waals surface area contributed by atoms with E-state index in [1.807, 2.05) is 60.7 Å². The Bertz CT molecular complexity index is 714. The molecule has 0 aliphatic rings. The summed E-state index contributed by atoms with van der Waals surface area (Å²) in [5.74, 6) is 0. The molecule has 5 heteroatoms. The minimum atomic E-state index is -0.402. The first-order valence-corrected chi connectivity index (χ1v) is 10.2. The average Bonchev–Trinajstić information content (AvgIpc) is 2.79. The van der Waals surface area contributed by atoms with Crippen LogP contribution in [0.2, 0.25) is 0 Å². The van der Waals surface area contributed by atoms with E-state index in [0.717, 1.165) is 11.1 Å². The molecule has 2 amide bonds. The van der Waals surface area contributed by atoms with Crippen molar-refractivity contribution >= 4 is 6.03 Å². The van der Waals surface area contributed by atoms with Gasteiger partial charge < -0.3 is 20.0 Å². The zero-order valence-electron chi connectivity index (χ0n) is 17.4. The van der Waals surface area contributed by atoms with Crippen LogP contribution in [0.5, 0.6) is 0 Å². The largest absolute Gasteiger partial charge is 0.394 e. The lowest BCUT2D eigenvalue weighted by Gasteiger charge is -2.38. The molecule has 160 valence electrons. The molecule has 0 heterocycles. The van der Waals surface area contributed by atoms with Crippen LogP contribution in [0.3, 0.4) is 0 Å². The van der Waals surface area contributed by atoms with Gasteiger partial charge in [-0.2, -0.15) is 0 Å². The van der Waals surface area contributed by atoms with Gasteiger partial charge in [0.25, 0.3) is 0 Å². The number of hydrogen-bond acceptors (Lipinski definition) is 3. The SMILES string of the molecule is C=CCN(C(=O)N(CC=C)C(CO)Cc1ccccc1)C(CO)Cc1ccccc1. The van der Waals surface area contributed by atoms with Crippen molar-refractivity contribution in [1.29, 1.82) is 0 Å². The van der Waals surface area contributed by atoms with Gasteiger partial charge in [-0.05, 0) is 24.0 Å². The molecule has 2 aromatic rings. The zero-order chi connectivity index (χ0) is 21.8. The van der Waals surface area contributed by atoms with Crippen LogP contribution in [-0.4, -0.2) is 64.4 Å². The molecule has 2 unspecified atom stereocenters. The van der Waals surface area contributed by atoms with Gasteiger partial charge in [0.05, 0.1) is 25.3 Å². The monoisotopic (exact) mass is 408 g/mol. The number of carbonyl (C=O) groups excluding carboxylic acids is 1. The van der Waals surface area contributed by atoms with Crippen LogP contribution in [0.1, 0.15) is 11.1 Å². The highest BCUT2D eigenvalue weighted by Crippen LogP contribution is 2.16. The maximum absolute atomic E-state index is 13.5. The van der Waals surface area contributed by atoms with Gasteiger partial charge in [-0.25, -0.2) is 4.79 Å². The van der Waals surface area contributed by atoms with E-state index in [4.69, 9.17) is 0 Å². The lowest BCUT2D eigenvalue weighted by atomic mass is 10.0. The van der Waals surface area contributed by atoms with Crippen LogP contribution < -0.4 is 0 Å². The van der Waals surface area contributed by atoms with E-state index >= 15 is 0 Å². The predicted molar refractivity (Wildman–Crippen MR) is 121 cm³/mol. The highest BCUT2D eigenvalue weighted by atomic mass is 16.3. The highest BCUT2D eigenvalue weighted by molar-refractivity contribution is 5.75. The predicted octanol–water partition coefficient (Wildman–Crippen LogP) is 3.29. The van der Waals surface area contributed by atoms with E-state index in [-0.39, 0.29) is 19.2 Å². The van der Waals surface area contributed by atoms with Crippen molar-refractivity contribution in [1.82, 2.24) is 9.80 Å². The van der Waals surface area contributed by atoms with E-state index in [1.54, 1.807) is 22.0 Å². The van der Waals surface area contributed by atoms with Crippen molar-refractivity contribution in [2.75, 3.05) is 26.3 Å². The molecule has 0 spiro atoms. The van der Waals surface area contributed by atoms with Gasteiger partial charge in [0.1, 0.15) is 0 Å². The lowest BCUT2D eigenvalue weighted by molar-refractivity contribution is 0.0877. The Morgan fingerprint density at radius 3 is 1.43 bits per heavy atom. The number of rotatable bonds is 12. The van der Waals surface area contributed by atoms with Gasteiger partial charge in [0, 0.05) is 13.1 Å². The van der Waals surface area contributed by atoms with Crippen molar-refractivity contribution < 1.29 is 15.0 Å². The molecule has 2 aromatic carbocycles. The van der Waals surface area contributed by atoms with Crippen LogP contribution in [0, 0.1) is 0 Å². The first-order valence-electron chi connectivity index (χ1n) is 10.2. The summed E-state index contributed by atoms with van der Waals surface area (Å²) < 4.78 is 0. The van der Waals surface area contributed by atoms with Crippen molar-refractivity contribution in [3.05, 3.63) is 97.1 Å². The fourth-order valence-corrected chi connectivity index (χ4v) is 3.53. The second-order valence-corrected chi connectivity index (χ2v) is 7.22. The summed E-state index contributed by atoms with van der Waals surface area (Å²) in [4.78, 5) is 16.8. The summed E-state index contributed by atoms with van der Waals surface area (Å²) in [6, 6.07) is 18.5. The molecule has 0 aliphatic carbocycles. The smallest absolute Gasteiger partial charge is 0.321 e. The molecular weight excluding hydrogens is 376 g/mol. The molecule has 2 rings (SSSR count). The molecule has 0 aromatic heterocycles. The second-order valence-electron chi connectivity index (χ2n) is 7.22. The molecule has 2 N–H and O–H groups in total. The number of hydrogen-bond donors (Lipinski definition) is 2. The maximum atomic E-state index is 13.5. The summed E-state index contributed by atoms with van der Waals surface area (Å²) in [6.07, 6.45) is 4.37. The third-order valence-corrected chi connectivity index (χ3v) is 5.07. The van der Waals surface area contributed by atoms with Gasteiger partial charge in [-0.3, -0.25) is 0 Å². The van der Waals surface area contributed by atoms with E-state index < -0.39 is 12.1 Å². The number of carbonyl (C=O) groups is 1. The molecule has 0 saturated heterocycles. The van der Waals surface area contributed by atoms with E-state index in [2.05, 4.69) is 13.2 Å². The summed E-state index contributed by atoms with van der Waals surface area (Å²) in [5.41, 5.74) is 2.08. The van der Waals surface area contributed by atoms with Crippen LogP contribution in [-0.2, 0) is 12.8 Å². The lowest BCUT2D eigenvalue weighted by Crippen LogP contribution is -2.54. The molecular formula is C25H32N2O3. The molecule has 30 heavy (non-hydrogen) atoms. The zero-order valence-corrected chi connectivity index (χ0v) is 17.4. The Morgan fingerprint density at radius 2 is 1.13 bits per heavy atom. The van der Waals surface area contributed by atoms with Gasteiger partial charge in [0.15, 0.2) is 0 Å². The van der Waals surface area contributed by atoms with Gasteiger partial charge in [-0.15, -0.1) is 13.2 Å². The molecule has 0 radical (unpaired) electrons. The Hall–Kier alpha value is -2.89. The standard InChI is InChI=1S/C25H32N2O3/c1-3-15-26(23(19-28)17-21-11-7-5-8-12-21)25(30)27(16-4-2)24(20-29)18-22-13-9-6-10-14-22/h3-14,23-24,28-29H,1-2,15-20H2. The topological polar surface area (TPSA) is 64.0 Å². The molecule has 5 nitrogen and oxygen atoms in total. The van der Waals surface area contributed by atoms with Gasteiger partial charge >= 0.3 is 6.03 Å². The number of amides is 2. The second kappa shape index (κ2) is 12.6. The minimum absolute atomic E-state index is 0.168. The Balaban J connectivity index is 2.26. The van der Waals surface area contributed by atoms with E-state index in [9.17, 15) is 15.0 Å². The molecule has 2 atom stereocenters. The summed E-state index contributed by atoms with van der Waals surface area (Å²) in [6.45, 7) is 7.83. The van der Waals surface area contributed by atoms with Crippen molar-refractivity contribution in [3.63, 3.8) is 0 Å². The van der Waals surface area contributed by atoms with Gasteiger partial charge in [-0.1, -0.05) is 72.8 Å². The van der Waals surface area contributed by atoms with E-state index in [1.165, 1.54) is 0 Å². The van der Waals surface area contributed by atoms with Crippen molar-refractivity contribution in [3.8, 4) is 0 Å². The van der Waals surface area contributed by atoms with Gasteiger partial charge in [0.2, 0.25) is 0 Å². The van der Waals surface area contributed by atoms with Crippen LogP contribution in [0.25, 0.3) is 0 Å². The average molecular weight is 409 g/mol. The number of urea groups is 1. The molecule has 0 saturated carbocycles. The molecule has 0 aliphatic heterocycles. The van der Waals surface area contributed by atoms with Crippen molar-refractivity contribution in [2.24, 2.45) is 0 Å². The van der Waals surface area contributed by atoms with Crippen LogP contribution >= 0.6 is 0 Å². The minimum Gasteiger partial charge on any atom is -0.394 e. The number of aliphatic hydroxyl groups is 2. The van der Waals surface area contributed by atoms with Crippen molar-refractivity contribution in [2.45, 2.75) is 24.9 Å². The Labute approximate surface area is 179 Å². The third-order valence-electron chi connectivity index (χ3n) is 5.07. The Morgan fingerprint density at radius 1 is 0.767 bits per heavy atom. The van der Waals surface area contributed by atoms with Crippen LogP contribution in [0.4, 0.5) is 4.79 Å². The molecule has 0 bridgehead atoms. The molecule has 0 fully saturated rings. The summed E-state index contributed by atoms with van der Waals surface area (Å²) in [5, 5.41) is 20.1. The van der Waals surface area contributed by atoms with Crippen LogP contribution in [0.15, 0.2) is 86.0 Å². The number of aliphatic hydroxyl groups excluding tert-OH is 2. The quantitative estimate of drug-likeness (QED) is 0.530. The highest BCUT2D eigenvalue weighted by Gasteiger charge is 2.30. The number of nitrogens with zero attached hydrogens (tertiary/aromatic N) is 2. The third kappa shape index (κ3) is 6.58. The summed E-state index contributed by atoms with van der Waals surface area (Å²) in [7, 11) is 0. The number of benzene rings is 2. The Kier molecular flexibility index (Phi) is 9.84. The first kappa shape index (κ1) is 23.4. The first-order chi connectivity index (χ1) is 14.6. The summed E-state index contributed by atoms with van der Waals surface area (Å²) >= 11 is 0. The van der Waals surface area contributed by atoms with E-state index in [0.29, 0.717) is 25.9 Å². The normalized spacial score (nSPS) is 12.6. The maximum Gasteiger partial charge on any atom is 0.321 e. The fraction of sp³-hybridized carbons (Fsp3) is 0.320.